The highest BCUT2D eigenvalue weighted by Gasteiger charge is 2.20. The van der Waals surface area contributed by atoms with Crippen LogP contribution in [0.25, 0.3) is 0 Å². The Morgan fingerprint density at radius 1 is 1.24 bits per heavy atom. The molecule has 0 heterocycles. The van der Waals surface area contributed by atoms with Crippen LogP contribution in [-0.4, -0.2) is 13.5 Å². The van der Waals surface area contributed by atoms with E-state index in [0.29, 0.717) is 5.56 Å². The second-order valence-corrected chi connectivity index (χ2v) is 6.50. The highest BCUT2D eigenvalue weighted by Crippen LogP contribution is 2.28. The van der Waals surface area contributed by atoms with Crippen LogP contribution in [-0.2, 0) is 10.0 Å². The number of rotatable bonds is 4. The van der Waals surface area contributed by atoms with Gasteiger partial charge in [0.15, 0.2) is 0 Å². The Hall–Kier alpha value is -1.63. The Labute approximate surface area is 127 Å². The lowest BCUT2D eigenvalue weighted by molar-refractivity contribution is 0.200. The summed E-state index contributed by atoms with van der Waals surface area (Å²) in [5, 5.41) is 9.44. The molecule has 2 aromatic carbocycles. The summed E-state index contributed by atoms with van der Waals surface area (Å²) in [5.41, 5.74) is 0.673. The van der Waals surface area contributed by atoms with Crippen LogP contribution in [0, 0.1) is 5.82 Å². The number of nitrogens with one attached hydrogen (secondary N) is 1. The number of benzene rings is 2. The zero-order chi connectivity index (χ0) is 15.6. The molecule has 1 unspecified atom stereocenters. The number of para-hydroxylation sites is 1. The van der Waals surface area contributed by atoms with E-state index in [-0.39, 0.29) is 15.6 Å². The van der Waals surface area contributed by atoms with Gasteiger partial charge in [-0.3, -0.25) is 4.72 Å². The maximum Gasteiger partial charge on any atom is 0.263 e. The number of aliphatic hydroxyl groups excluding tert-OH is 1. The van der Waals surface area contributed by atoms with Gasteiger partial charge in [0.05, 0.1) is 16.8 Å². The second-order valence-electron chi connectivity index (χ2n) is 4.44. The summed E-state index contributed by atoms with van der Waals surface area (Å²) in [4.78, 5) is -0.231. The second kappa shape index (κ2) is 6.01. The summed E-state index contributed by atoms with van der Waals surface area (Å²) >= 11 is 5.77. The largest absolute Gasteiger partial charge is 0.389 e. The Kier molecular flexibility index (Phi) is 4.51. The zero-order valence-electron chi connectivity index (χ0n) is 11.0. The standard InChI is InChI=1S/C14H13ClFNO3S/c1-9(18)11-4-2-3-5-13(11)17-21(19,20)14-7-6-10(16)8-12(14)15/h2-9,17-18H,1H3. The van der Waals surface area contributed by atoms with Gasteiger partial charge in [-0.15, -0.1) is 0 Å². The highest BCUT2D eigenvalue weighted by molar-refractivity contribution is 7.92. The summed E-state index contributed by atoms with van der Waals surface area (Å²) in [7, 11) is -3.98. The normalized spacial score (nSPS) is 13.0. The molecule has 0 aliphatic heterocycles. The van der Waals surface area contributed by atoms with Crippen LogP contribution in [0.5, 0.6) is 0 Å². The maximum atomic E-state index is 13.0. The third-order valence-electron chi connectivity index (χ3n) is 2.84. The molecule has 1 atom stereocenters. The SMILES string of the molecule is CC(O)c1ccccc1NS(=O)(=O)c1ccc(F)cc1Cl. The van der Waals surface area contributed by atoms with Crippen molar-refractivity contribution in [3.05, 3.63) is 58.9 Å². The van der Waals surface area contributed by atoms with Gasteiger partial charge in [0, 0.05) is 5.56 Å². The molecule has 0 spiro atoms. The molecule has 2 aromatic rings. The summed E-state index contributed by atoms with van der Waals surface area (Å²) < 4.78 is 40.0. The molecular weight excluding hydrogens is 317 g/mol. The van der Waals surface area contributed by atoms with Gasteiger partial charge in [-0.2, -0.15) is 0 Å². The van der Waals surface area contributed by atoms with Gasteiger partial charge in [-0.05, 0) is 31.2 Å². The number of hydrogen-bond donors (Lipinski definition) is 2. The van der Waals surface area contributed by atoms with E-state index in [1.807, 2.05) is 0 Å². The quantitative estimate of drug-likeness (QED) is 0.904. The molecule has 0 saturated heterocycles. The van der Waals surface area contributed by atoms with E-state index in [2.05, 4.69) is 4.72 Å². The van der Waals surface area contributed by atoms with Crippen LogP contribution in [0.4, 0.5) is 10.1 Å². The average molecular weight is 330 g/mol. The molecule has 0 aliphatic rings. The minimum atomic E-state index is -3.98. The molecule has 2 N–H and O–H groups in total. The molecule has 0 fully saturated rings. The average Bonchev–Trinajstić information content (AvgIpc) is 2.37. The van der Waals surface area contributed by atoms with Crippen molar-refractivity contribution in [1.29, 1.82) is 0 Å². The van der Waals surface area contributed by atoms with Gasteiger partial charge < -0.3 is 5.11 Å². The van der Waals surface area contributed by atoms with Crippen molar-refractivity contribution in [1.82, 2.24) is 0 Å². The smallest absolute Gasteiger partial charge is 0.263 e. The molecule has 2 rings (SSSR count). The molecule has 0 radical (unpaired) electrons. The molecule has 0 aromatic heterocycles. The van der Waals surface area contributed by atoms with Gasteiger partial charge in [0.25, 0.3) is 10.0 Å². The Morgan fingerprint density at radius 2 is 1.90 bits per heavy atom. The molecule has 0 bridgehead atoms. The van der Waals surface area contributed by atoms with Crippen LogP contribution in [0.15, 0.2) is 47.4 Å². The molecule has 0 amide bonds. The van der Waals surface area contributed by atoms with Crippen LogP contribution < -0.4 is 4.72 Å². The first-order valence-corrected chi connectivity index (χ1v) is 7.92. The fraction of sp³-hybridized carbons (Fsp3) is 0.143. The van der Waals surface area contributed by atoms with Gasteiger partial charge in [-0.1, -0.05) is 29.8 Å². The number of anilines is 1. The van der Waals surface area contributed by atoms with Crippen LogP contribution >= 0.6 is 11.6 Å². The Balaban J connectivity index is 2.43. The van der Waals surface area contributed by atoms with Crippen molar-refractivity contribution in [3.8, 4) is 0 Å². The first-order chi connectivity index (χ1) is 9.81. The lowest BCUT2D eigenvalue weighted by Gasteiger charge is -2.14. The Bertz CT molecular complexity index is 763. The van der Waals surface area contributed by atoms with E-state index < -0.39 is 21.9 Å². The zero-order valence-corrected chi connectivity index (χ0v) is 12.6. The van der Waals surface area contributed by atoms with E-state index in [1.165, 1.54) is 13.0 Å². The lowest BCUT2D eigenvalue weighted by Crippen LogP contribution is -2.15. The maximum absolute atomic E-state index is 13.0. The van der Waals surface area contributed by atoms with Crippen LogP contribution in [0.1, 0.15) is 18.6 Å². The molecule has 0 saturated carbocycles. The highest BCUT2D eigenvalue weighted by atomic mass is 35.5. The molecule has 0 aliphatic carbocycles. The monoisotopic (exact) mass is 329 g/mol. The number of hydrogen-bond acceptors (Lipinski definition) is 3. The number of sulfonamides is 1. The minimum absolute atomic E-state index is 0.211. The van der Waals surface area contributed by atoms with Crippen LogP contribution in [0.2, 0.25) is 5.02 Å². The van der Waals surface area contributed by atoms with E-state index in [0.717, 1.165) is 18.2 Å². The molecular formula is C14H13ClFNO3S. The number of halogens is 2. The van der Waals surface area contributed by atoms with Gasteiger partial charge in [-0.25, -0.2) is 12.8 Å². The van der Waals surface area contributed by atoms with E-state index in [9.17, 15) is 17.9 Å². The lowest BCUT2D eigenvalue weighted by atomic mass is 10.1. The van der Waals surface area contributed by atoms with E-state index in [1.54, 1.807) is 18.2 Å². The summed E-state index contributed by atoms with van der Waals surface area (Å²) in [6.45, 7) is 1.53. The fourth-order valence-corrected chi connectivity index (χ4v) is 3.47. The first kappa shape index (κ1) is 15.8. The first-order valence-electron chi connectivity index (χ1n) is 6.06. The van der Waals surface area contributed by atoms with E-state index >= 15 is 0 Å². The fourth-order valence-electron chi connectivity index (χ4n) is 1.85. The molecule has 7 heteroatoms. The van der Waals surface area contributed by atoms with Crippen molar-refractivity contribution < 1.29 is 17.9 Å². The molecule has 4 nitrogen and oxygen atoms in total. The summed E-state index contributed by atoms with van der Waals surface area (Å²) in [6.07, 6.45) is -0.840. The predicted molar refractivity (Wildman–Crippen MR) is 79.3 cm³/mol. The van der Waals surface area contributed by atoms with Gasteiger partial charge in [0.2, 0.25) is 0 Å². The Morgan fingerprint density at radius 3 is 2.52 bits per heavy atom. The van der Waals surface area contributed by atoms with Crippen molar-refractivity contribution in [2.45, 2.75) is 17.9 Å². The van der Waals surface area contributed by atoms with Crippen molar-refractivity contribution in [3.63, 3.8) is 0 Å². The number of aliphatic hydroxyl groups is 1. The summed E-state index contributed by atoms with van der Waals surface area (Å²) in [5.74, 6) is -0.622. The van der Waals surface area contributed by atoms with Gasteiger partial charge in [0.1, 0.15) is 10.7 Å². The van der Waals surface area contributed by atoms with Crippen molar-refractivity contribution >= 4 is 27.3 Å². The van der Waals surface area contributed by atoms with Crippen molar-refractivity contribution in [2.24, 2.45) is 0 Å². The van der Waals surface area contributed by atoms with Gasteiger partial charge >= 0.3 is 0 Å². The third kappa shape index (κ3) is 3.53. The van der Waals surface area contributed by atoms with Crippen molar-refractivity contribution in [2.75, 3.05) is 4.72 Å². The van der Waals surface area contributed by atoms with Crippen LogP contribution in [0.3, 0.4) is 0 Å². The molecule has 112 valence electrons. The third-order valence-corrected chi connectivity index (χ3v) is 4.69. The minimum Gasteiger partial charge on any atom is -0.389 e. The molecule has 21 heavy (non-hydrogen) atoms. The van der Waals surface area contributed by atoms with E-state index in [4.69, 9.17) is 11.6 Å². The summed E-state index contributed by atoms with van der Waals surface area (Å²) in [6, 6.07) is 9.48. The topological polar surface area (TPSA) is 66.4 Å². The predicted octanol–water partition coefficient (Wildman–Crippen LogP) is 3.33.